The second kappa shape index (κ2) is 4.82. The van der Waals surface area contributed by atoms with Gasteiger partial charge >= 0.3 is 0 Å². The first-order valence-electron chi connectivity index (χ1n) is 6.97. The van der Waals surface area contributed by atoms with Gasteiger partial charge in [-0.2, -0.15) is 0 Å². The van der Waals surface area contributed by atoms with E-state index in [4.69, 9.17) is 0 Å². The summed E-state index contributed by atoms with van der Waals surface area (Å²) < 4.78 is 0. The monoisotopic (exact) mass is 252 g/mol. The molecule has 0 spiro atoms. The van der Waals surface area contributed by atoms with Crippen LogP contribution in [0.2, 0.25) is 0 Å². The van der Waals surface area contributed by atoms with Gasteiger partial charge in [-0.05, 0) is 48.9 Å². The summed E-state index contributed by atoms with van der Waals surface area (Å²) in [6, 6.07) is 14.9. The summed E-state index contributed by atoms with van der Waals surface area (Å²) >= 11 is 0. The lowest BCUT2D eigenvalue weighted by Gasteiger charge is -2.34. The Hall–Kier alpha value is -1.60. The molecular formula is C18H20O. The molecule has 0 aromatic heterocycles. The van der Waals surface area contributed by atoms with Crippen molar-refractivity contribution in [2.45, 2.75) is 38.7 Å². The molecular weight excluding hydrogens is 232 g/mol. The molecule has 0 radical (unpaired) electrons. The van der Waals surface area contributed by atoms with Crippen LogP contribution in [0.15, 0.2) is 42.5 Å². The molecule has 2 aromatic rings. The first-order valence-corrected chi connectivity index (χ1v) is 6.97. The average molecular weight is 252 g/mol. The lowest BCUT2D eigenvalue weighted by molar-refractivity contribution is 0.133. The molecule has 1 N–H and O–H groups in total. The largest absolute Gasteiger partial charge is 0.392 e. The summed E-state index contributed by atoms with van der Waals surface area (Å²) in [5.74, 6) is 0.316. The van der Waals surface area contributed by atoms with Gasteiger partial charge in [-0.15, -0.1) is 0 Å². The molecule has 0 bridgehead atoms. The zero-order valence-corrected chi connectivity index (χ0v) is 11.6. The van der Waals surface area contributed by atoms with Crippen LogP contribution in [0.1, 0.15) is 33.7 Å². The van der Waals surface area contributed by atoms with Gasteiger partial charge in [0.15, 0.2) is 0 Å². The summed E-state index contributed by atoms with van der Waals surface area (Å²) in [6.07, 6.45) is 1.50. The van der Waals surface area contributed by atoms with Crippen molar-refractivity contribution in [1.29, 1.82) is 0 Å². The minimum atomic E-state index is -0.268. The molecule has 0 aliphatic heterocycles. The molecule has 1 heteroatoms. The van der Waals surface area contributed by atoms with Crippen LogP contribution in [0, 0.1) is 13.8 Å². The fourth-order valence-corrected chi connectivity index (χ4v) is 3.03. The topological polar surface area (TPSA) is 20.2 Å². The maximum absolute atomic E-state index is 10.5. The Morgan fingerprint density at radius 3 is 2.74 bits per heavy atom. The molecule has 1 nitrogen and oxygen atoms in total. The van der Waals surface area contributed by atoms with Crippen LogP contribution in [0.4, 0.5) is 0 Å². The summed E-state index contributed by atoms with van der Waals surface area (Å²) in [7, 11) is 0. The van der Waals surface area contributed by atoms with Crippen molar-refractivity contribution in [1.82, 2.24) is 0 Å². The van der Waals surface area contributed by atoms with E-state index in [1.165, 1.54) is 27.8 Å². The van der Waals surface area contributed by atoms with Crippen molar-refractivity contribution in [3.63, 3.8) is 0 Å². The Kier molecular flexibility index (Phi) is 3.16. The lowest BCUT2D eigenvalue weighted by Crippen LogP contribution is -2.30. The lowest BCUT2D eigenvalue weighted by atomic mass is 9.73. The van der Waals surface area contributed by atoms with E-state index in [-0.39, 0.29) is 6.10 Å². The second-order valence-electron chi connectivity index (χ2n) is 5.71. The minimum Gasteiger partial charge on any atom is -0.392 e. The van der Waals surface area contributed by atoms with Crippen LogP contribution in [0.5, 0.6) is 0 Å². The highest BCUT2D eigenvalue weighted by molar-refractivity contribution is 5.41. The summed E-state index contributed by atoms with van der Waals surface area (Å²) in [5, 5.41) is 10.5. The molecule has 2 unspecified atom stereocenters. The fraction of sp³-hybridized carbons (Fsp3) is 0.333. The number of aliphatic hydroxyl groups excluding tert-OH is 1. The number of aryl methyl sites for hydroxylation is 2. The molecule has 2 aromatic carbocycles. The van der Waals surface area contributed by atoms with Gasteiger partial charge in [-0.1, -0.05) is 48.0 Å². The maximum Gasteiger partial charge on any atom is 0.0652 e. The fourth-order valence-electron chi connectivity index (χ4n) is 3.03. The highest BCUT2D eigenvalue weighted by atomic mass is 16.3. The van der Waals surface area contributed by atoms with Gasteiger partial charge in [0.1, 0.15) is 0 Å². The van der Waals surface area contributed by atoms with Crippen molar-refractivity contribution in [2.24, 2.45) is 0 Å². The Morgan fingerprint density at radius 2 is 1.95 bits per heavy atom. The third-order valence-electron chi connectivity index (χ3n) is 4.29. The molecule has 3 rings (SSSR count). The highest BCUT2D eigenvalue weighted by Crippen LogP contribution is 2.38. The number of hydrogen-bond acceptors (Lipinski definition) is 1. The van der Waals surface area contributed by atoms with Crippen molar-refractivity contribution < 1.29 is 5.11 Å². The highest BCUT2D eigenvalue weighted by Gasteiger charge is 2.31. The van der Waals surface area contributed by atoms with Gasteiger partial charge in [0.05, 0.1) is 6.10 Å². The summed E-state index contributed by atoms with van der Waals surface area (Å²) in [4.78, 5) is 0. The SMILES string of the molecule is Cc1ccc(C)c(CC(O)C2Cc3ccccc32)c1. The molecule has 1 aliphatic rings. The normalized spacial score (nSPS) is 18.6. The number of hydrogen-bond donors (Lipinski definition) is 1. The number of fused-ring (bicyclic) bond motifs is 1. The second-order valence-corrected chi connectivity index (χ2v) is 5.71. The Labute approximate surface area is 114 Å². The van der Waals surface area contributed by atoms with Gasteiger partial charge in [0.2, 0.25) is 0 Å². The van der Waals surface area contributed by atoms with E-state index in [0.717, 1.165) is 12.8 Å². The van der Waals surface area contributed by atoms with Crippen LogP contribution in [0.25, 0.3) is 0 Å². The summed E-state index contributed by atoms with van der Waals surface area (Å²) in [5.41, 5.74) is 6.55. The predicted molar refractivity (Wildman–Crippen MR) is 78.5 cm³/mol. The predicted octanol–water partition coefficient (Wildman–Crippen LogP) is 3.55. The van der Waals surface area contributed by atoms with E-state index in [2.05, 4.69) is 56.3 Å². The van der Waals surface area contributed by atoms with E-state index in [0.29, 0.717) is 5.92 Å². The van der Waals surface area contributed by atoms with Gasteiger partial charge in [-0.25, -0.2) is 0 Å². The molecule has 98 valence electrons. The van der Waals surface area contributed by atoms with Crippen molar-refractivity contribution in [3.05, 3.63) is 70.3 Å². The third kappa shape index (κ3) is 2.31. The van der Waals surface area contributed by atoms with Crippen LogP contribution in [0.3, 0.4) is 0 Å². The van der Waals surface area contributed by atoms with Crippen LogP contribution in [-0.4, -0.2) is 11.2 Å². The van der Waals surface area contributed by atoms with Crippen LogP contribution < -0.4 is 0 Å². The third-order valence-corrected chi connectivity index (χ3v) is 4.29. The van der Waals surface area contributed by atoms with Crippen molar-refractivity contribution in [2.75, 3.05) is 0 Å². The molecule has 2 atom stereocenters. The molecule has 0 fully saturated rings. The van der Waals surface area contributed by atoms with Crippen molar-refractivity contribution in [3.8, 4) is 0 Å². The van der Waals surface area contributed by atoms with Gasteiger partial charge in [0, 0.05) is 5.92 Å². The molecule has 1 aliphatic carbocycles. The Balaban J connectivity index is 1.76. The molecule has 0 heterocycles. The van der Waals surface area contributed by atoms with E-state index < -0.39 is 0 Å². The van der Waals surface area contributed by atoms with Gasteiger partial charge < -0.3 is 5.11 Å². The van der Waals surface area contributed by atoms with E-state index in [1.807, 2.05) is 0 Å². The smallest absolute Gasteiger partial charge is 0.0652 e. The molecule has 0 saturated heterocycles. The number of benzene rings is 2. The first kappa shape index (κ1) is 12.4. The van der Waals surface area contributed by atoms with Gasteiger partial charge in [0.25, 0.3) is 0 Å². The van der Waals surface area contributed by atoms with E-state index in [1.54, 1.807) is 0 Å². The quantitative estimate of drug-likeness (QED) is 0.885. The van der Waals surface area contributed by atoms with Crippen LogP contribution >= 0.6 is 0 Å². The summed E-state index contributed by atoms with van der Waals surface area (Å²) in [6.45, 7) is 4.23. The first-order chi connectivity index (χ1) is 9.15. The van der Waals surface area contributed by atoms with E-state index >= 15 is 0 Å². The minimum absolute atomic E-state index is 0.268. The Morgan fingerprint density at radius 1 is 1.16 bits per heavy atom. The zero-order chi connectivity index (χ0) is 13.4. The average Bonchev–Trinajstić information content (AvgIpc) is 2.35. The van der Waals surface area contributed by atoms with Crippen LogP contribution in [-0.2, 0) is 12.8 Å². The zero-order valence-electron chi connectivity index (χ0n) is 11.6. The molecule has 0 amide bonds. The Bertz CT molecular complexity index is 600. The van der Waals surface area contributed by atoms with E-state index in [9.17, 15) is 5.11 Å². The maximum atomic E-state index is 10.5. The molecule has 19 heavy (non-hydrogen) atoms. The standard InChI is InChI=1S/C18H20O/c1-12-7-8-13(2)15(9-12)11-18(19)17-10-14-5-3-4-6-16(14)17/h3-9,17-19H,10-11H2,1-2H3. The van der Waals surface area contributed by atoms with Crippen molar-refractivity contribution >= 4 is 0 Å². The number of rotatable bonds is 3. The van der Waals surface area contributed by atoms with Gasteiger partial charge in [-0.3, -0.25) is 0 Å². The molecule has 0 saturated carbocycles. The number of aliphatic hydroxyl groups is 1.